The molecule has 21 heavy (non-hydrogen) atoms. The summed E-state index contributed by atoms with van der Waals surface area (Å²) in [6.07, 6.45) is -4.84. The van der Waals surface area contributed by atoms with Crippen LogP contribution in [-0.4, -0.2) is 11.1 Å². The van der Waals surface area contributed by atoms with Crippen LogP contribution in [0.1, 0.15) is 15.9 Å². The molecule has 1 N–H and O–H groups in total. The normalized spacial score (nSPS) is 11.5. The van der Waals surface area contributed by atoms with Gasteiger partial charge in [-0.15, -0.1) is 0 Å². The lowest BCUT2D eigenvalue weighted by molar-refractivity contribution is -0.139. The Hall–Kier alpha value is -2.08. The van der Waals surface area contributed by atoms with E-state index in [1.807, 2.05) is 0 Å². The molecule has 0 radical (unpaired) electrons. The summed E-state index contributed by atoms with van der Waals surface area (Å²) >= 11 is 5.72. The van der Waals surface area contributed by atoms with Gasteiger partial charge in [-0.1, -0.05) is 23.7 Å². The molecule has 0 heterocycles. The number of hydrogen-bond acceptors (Lipinski definition) is 1. The smallest absolute Gasteiger partial charge is 0.419 e. The molecule has 7 heteroatoms. The highest BCUT2D eigenvalue weighted by molar-refractivity contribution is 6.31. The van der Waals surface area contributed by atoms with E-state index in [9.17, 15) is 22.4 Å². The van der Waals surface area contributed by atoms with Crippen molar-refractivity contribution in [2.24, 2.45) is 0 Å². The van der Waals surface area contributed by atoms with Gasteiger partial charge in [-0.25, -0.2) is 9.18 Å². The van der Waals surface area contributed by atoms with Crippen LogP contribution in [0.4, 0.5) is 17.6 Å². The molecule has 0 aliphatic carbocycles. The molecule has 0 unspecified atom stereocenters. The fourth-order valence-electron chi connectivity index (χ4n) is 1.84. The van der Waals surface area contributed by atoms with E-state index in [0.29, 0.717) is 6.07 Å². The van der Waals surface area contributed by atoms with E-state index < -0.39 is 23.5 Å². The zero-order valence-electron chi connectivity index (χ0n) is 10.2. The number of carboxylic acid groups (broad SMARTS) is 1. The quantitative estimate of drug-likeness (QED) is 0.803. The Morgan fingerprint density at radius 3 is 2.38 bits per heavy atom. The molecular formula is C14H7ClF4O2. The van der Waals surface area contributed by atoms with Crippen LogP contribution in [0, 0.1) is 5.82 Å². The zero-order valence-corrected chi connectivity index (χ0v) is 11.0. The van der Waals surface area contributed by atoms with E-state index in [1.54, 1.807) is 0 Å². The molecule has 0 spiro atoms. The standard InChI is InChI=1S/C14H7ClF4O2/c15-9-5-7(4-8(6-9)13(20)21)10-2-1-3-11(12(10)16)14(17,18)19/h1-6H,(H,20,21). The summed E-state index contributed by atoms with van der Waals surface area (Å²) in [6, 6.07) is 6.17. The predicted octanol–water partition coefficient (Wildman–Crippen LogP) is 4.86. The molecule has 0 atom stereocenters. The van der Waals surface area contributed by atoms with Crippen LogP contribution >= 0.6 is 11.6 Å². The van der Waals surface area contributed by atoms with Crippen molar-refractivity contribution in [3.8, 4) is 11.1 Å². The van der Waals surface area contributed by atoms with Gasteiger partial charge in [-0.2, -0.15) is 13.2 Å². The molecule has 2 nitrogen and oxygen atoms in total. The van der Waals surface area contributed by atoms with Crippen LogP contribution in [0.25, 0.3) is 11.1 Å². The van der Waals surface area contributed by atoms with Crippen molar-refractivity contribution < 1.29 is 27.5 Å². The van der Waals surface area contributed by atoms with Gasteiger partial charge in [0.1, 0.15) is 5.82 Å². The van der Waals surface area contributed by atoms with Crippen LogP contribution in [0.2, 0.25) is 5.02 Å². The second kappa shape index (κ2) is 5.37. The first kappa shape index (κ1) is 15.3. The van der Waals surface area contributed by atoms with Crippen LogP contribution in [0.5, 0.6) is 0 Å². The Bertz CT molecular complexity index is 711. The summed E-state index contributed by atoms with van der Waals surface area (Å²) < 4.78 is 52.0. The van der Waals surface area contributed by atoms with Gasteiger partial charge in [-0.3, -0.25) is 0 Å². The third-order valence-electron chi connectivity index (χ3n) is 2.76. The van der Waals surface area contributed by atoms with Gasteiger partial charge in [0.05, 0.1) is 11.1 Å². The average Bonchev–Trinajstić information content (AvgIpc) is 2.36. The summed E-state index contributed by atoms with van der Waals surface area (Å²) in [7, 11) is 0. The number of carboxylic acids is 1. The summed E-state index contributed by atoms with van der Waals surface area (Å²) in [4.78, 5) is 10.9. The second-order valence-electron chi connectivity index (χ2n) is 4.20. The molecule has 0 fully saturated rings. The lowest BCUT2D eigenvalue weighted by Gasteiger charge is -2.12. The van der Waals surface area contributed by atoms with Gasteiger partial charge < -0.3 is 5.11 Å². The van der Waals surface area contributed by atoms with Gasteiger partial charge in [0.25, 0.3) is 0 Å². The second-order valence-corrected chi connectivity index (χ2v) is 4.64. The van der Waals surface area contributed by atoms with E-state index in [4.69, 9.17) is 16.7 Å². The van der Waals surface area contributed by atoms with Crippen molar-refractivity contribution in [1.82, 2.24) is 0 Å². The maximum absolute atomic E-state index is 14.0. The lowest BCUT2D eigenvalue weighted by Crippen LogP contribution is -2.08. The summed E-state index contributed by atoms with van der Waals surface area (Å²) in [5.41, 5.74) is -2.07. The van der Waals surface area contributed by atoms with Crippen molar-refractivity contribution in [3.63, 3.8) is 0 Å². The van der Waals surface area contributed by atoms with Gasteiger partial charge in [-0.05, 0) is 29.8 Å². The maximum atomic E-state index is 14.0. The van der Waals surface area contributed by atoms with Gasteiger partial charge in [0.2, 0.25) is 0 Å². The average molecular weight is 319 g/mol. The first-order valence-corrected chi connectivity index (χ1v) is 5.98. The molecule has 0 aliphatic heterocycles. The minimum atomic E-state index is -4.84. The first-order valence-electron chi connectivity index (χ1n) is 5.60. The molecule has 110 valence electrons. The van der Waals surface area contributed by atoms with Crippen molar-refractivity contribution in [2.75, 3.05) is 0 Å². The summed E-state index contributed by atoms with van der Waals surface area (Å²) in [5, 5.41) is 8.89. The van der Waals surface area contributed by atoms with Gasteiger partial charge in [0, 0.05) is 10.6 Å². The molecular weight excluding hydrogens is 312 g/mol. The maximum Gasteiger partial charge on any atom is 0.419 e. The number of alkyl halides is 3. The van der Waals surface area contributed by atoms with Crippen molar-refractivity contribution in [1.29, 1.82) is 0 Å². The van der Waals surface area contributed by atoms with Gasteiger partial charge in [0.15, 0.2) is 0 Å². The number of hydrogen-bond donors (Lipinski definition) is 1. The monoisotopic (exact) mass is 318 g/mol. The zero-order chi connectivity index (χ0) is 15.8. The highest BCUT2D eigenvalue weighted by Gasteiger charge is 2.35. The van der Waals surface area contributed by atoms with E-state index in [-0.39, 0.29) is 21.7 Å². The predicted molar refractivity (Wildman–Crippen MR) is 68.8 cm³/mol. The fraction of sp³-hybridized carbons (Fsp3) is 0.0714. The Kier molecular flexibility index (Phi) is 3.91. The number of carbonyl (C=O) groups is 1. The number of halogens is 5. The third kappa shape index (κ3) is 3.16. The Labute approximate surface area is 121 Å². The van der Waals surface area contributed by atoms with Crippen LogP contribution < -0.4 is 0 Å². The van der Waals surface area contributed by atoms with Crippen molar-refractivity contribution >= 4 is 17.6 Å². The molecule has 0 aromatic heterocycles. The van der Waals surface area contributed by atoms with Gasteiger partial charge >= 0.3 is 12.1 Å². The minimum absolute atomic E-state index is 0.0123. The molecule has 0 bridgehead atoms. The number of benzene rings is 2. The fourth-order valence-corrected chi connectivity index (χ4v) is 2.08. The Balaban J connectivity index is 2.65. The number of aromatic carboxylic acids is 1. The molecule has 0 saturated heterocycles. The van der Waals surface area contributed by atoms with E-state index in [0.717, 1.165) is 24.3 Å². The van der Waals surface area contributed by atoms with Crippen molar-refractivity contribution in [2.45, 2.75) is 6.18 Å². The molecule has 2 rings (SSSR count). The summed E-state index contributed by atoms with van der Waals surface area (Å²) in [6.45, 7) is 0. The molecule has 0 saturated carbocycles. The van der Waals surface area contributed by atoms with E-state index in [1.165, 1.54) is 6.07 Å². The number of rotatable bonds is 2. The minimum Gasteiger partial charge on any atom is -0.478 e. The van der Waals surface area contributed by atoms with E-state index >= 15 is 0 Å². The van der Waals surface area contributed by atoms with Crippen molar-refractivity contribution in [3.05, 3.63) is 58.4 Å². The first-order chi connectivity index (χ1) is 9.70. The SMILES string of the molecule is O=C(O)c1cc(Cl)cc(-c2cccc(C(F)(F)F)c2F)c1. The third-order valence-corrected chi connectivity index (χ3v) is 2.98. The molecule has 2 aromatic carbocycles. The molecule has 0 aliphatic rings. The Morgan fingerprint density at radius 2 is 1.81 bits per heavy atom. The largest absolute Gasteiger partial charge is 0.478 e. The van der Waals surface area contributed by atoms with Crippen LogP contribution in [0.15, 0.2) is 36.4 Å². The summed E-state index contributed by atoms with van der Waals surface area (Å²) in [5.74, 6) is -2.78. The molecule has 0 amide bonds. The van der Waals surface area contributed by atoms with E-state index in [2.05, 4.69) is 0 Å². The highest BCUT2D eigenvalue weighted by Crippen LogP contribution is 2.36. The molecule has 2 aromatic rings. The van der Waals surface area contributed by atoms with Crippen LogP contribution in [0.3, 0.4) is 0 Å². The topological polar surface area (TPSA) is 37.3 Å². The van der Waals surface area contributed by atoms with Crippen LogP contribution in [-0.2, 0) is 6.18 Å². The Morgan fingerprint density at radius 1 is 1.14 bits per heavy atom. The highest BCUT2D eigenvalue weighted by atomic mass is 35.5. The lowest BCUT2D eigenvalue weighted by atomic mass is 10.00.